The van der Waals surface area contributed by atoms with E-state index in [1.807, 2.05) is 31.2 Å². The molecule has 1 aromatic rings. The van der Waals surface area contributed by atoms with E-state index >= 15 is 0 Å². The molecular formula is C14H20N2O. The van der Waals surface area contributed by atoms with E-state index in [0.29, 0.717) is 6.04 Å². The molecule has 92 valence electrons. The fraction of sp³-hybridized carbons (Fsp3) is 0.500. The summed E-state index contributed by atoms with van der Waals surface area (Å²) in [6, 6.07) is 8.38. The maximum atomic E-state index is 12.1. The monoisotopic (exact) mass is 232 g/mol. The van der Waals surface area contributed by atoms with E-state index in [4.69, 9.17) is 0 Å². The molecule has 1 saturated heterocycles. The molecule has 1 fully saturated rings. The fourth-order valence-corrected chi connectivity index (χ4v) is 2.25. The van der Waals surface area contributed by atoms with Gasteiger partial charge in [-0.3, -0.25) is 4.79 Å². The van der Waals surface area contributed by atoms with Crippen LogP contribution < -0.4 is 10.6 Å². The maximum absolute atomic E-state index is 12.1. The van der Waals surface area contributed by atoms with E-state index in [-0.39, 0.29) is 11.8 Å². The third-order valence-electron chi connectivity index (χ3n) is 3.31. The third kappa shape index (κ3) is 3.30. The highest BCUT2D eigenvalue weighted by molar-refractivity contribution is 5.92. The fourth-order valence-electron chi connectivity index (χ4n) is 2.25. The second-order valence-corrected chi connectivity index (χ2v) is 4.93. The van der Waals surface area contributed by atoms with Gasteiger partial charge in [0.05, 0.1) is 0 Å². The molecule has 17 heavy (non-hydrogen) atoms. The second-order valence-electron chi connectivity index (χ2n) is 4.93. The van der Waals surface area contributed by atoms with Crippen molar-refractivity contribution in [2.24, 2.45) is 5.92 Å². The molecule has 3 nitrogen and oxygen atoms in total. The summed E-state index contributed by atoms with van der Waals surface area (Å²) >= 11 is 0. The Labute approximate surface area is 103 Å². The SMILES string of the molecule is Cc1ccc(NC(=O)[C@H]2CCN[C@@H](C)C2)cc1. The van der Waals surface area contributed by atoms with Crippen molar-refractivity contribution >= 4 is 11.6 Å². The zero-order valence-electron chi connectivity index (χ0n) is 10.5. The van der Waals surface area contributed by atoms with Crippen molar-refractivity contribution in [1.82, 2.24) is 5.32 Å². The zero-order valence-corrected chi connectivity index (χ0v) is 10.5. The summed E-state index contributed by atoms with van der Waals surface area (Å²) in [6.45, 7) is 5.11. The average Bonchev–Trinajstić information content (AvgIpc) is 2.32. The van der Waals surface area contributed by atoms with E-state index in [0.717, 1.165) is 25.1 Å². The Balaban J connectivity index is 1.94. The highest BCUT2D eigenvalue weighted by Crippen LogP contribution is 2.18. The molecule has 2 atom stereocenters. The van der Waals surface area contributed by atoms with Crippen molar-refractivity contribution in [2.45, 2.75) is 32.7 Å². The molecule has 1 aliphatic rings. The van der Waals surface area contributed by atoms with Crippen molar-refractivity contribution in [3.05, 3.63) is 29.8 Å². The van der Waals surface area contributed by atoms with Crippen molar-refractivity contribution in [3.8, 4) is 0 Å². The largest absolute Gasteiger partial charge is 0.326 e. The van der Waals surface area contributed by atoms with E-state index in [2.05, 4.69) is 17.6 Å². The summed E-state index contributed by atoms with van der Waals surface area (Å²) in [5, 5.41) is 6.35. The van der Waals surface area contributed by atoms with Gasteiger partial charge < -0.3 is 10.6 Å². The number of hydrogen-bond donors (Lipinski definition) is 2. The number of carbonyl (C=O) groups is 1. The molecule has 2 N–H and O–H groups in total. The van der Waals surface area contributed by atoms with Gasteiger partial charge in [-0.05, 0) is 45.4 Å². The van der Waals surface area contributed by atoms with Crippen LogP contribution in [0.3, 0.4) is 0 Å². The van der Waals surface area contributed by atoms with Gasteiger partial charge >= 0.3 is 0 Å². The predicted molar refractivity (Wildman–Crippen MR) is 70.0 cm³/mol. The van der Waals surface area contributed by atoms with Crippen molar-refractivity contribution < 1.29 is 4.79 Å². The summed E-state index contributed by atoms with van der Waals surface area (Å²) in [5.74, 6) is 0.301. The lowest BCUT2D eigenvalue weighted by atomic mass is 9.92. The lowest BCUT2D eigenvalue weighted by molar-refractivity contribution is -0.120. The Bertz CT molecular complexity index is 386. The van der Waals surface area contributed by atoms with Gasteiger partial charge in [-0.2, -0.15) is 0 Å². The van der Waals surface area contributed by atoms with Gasteiger partial charge in [-0.15, -0.1) is 0 Å². The summed E-state index contributed by atoms with van der Waals surface area (Å²) in [7, 11) is 0. The lowest BCUT2D eigenvalue weighted by Crippen LogP contribution is -2.40. The van der Waals surface area contributed by atoms with Crippen LogP contribution in [-0.2, 0) is 4.79 Å². The summed E-state index contributed by atoms with van der Waals surface area (Å²) in [6.07, 6.45) is 1.86. The van der Waals surface area contributed by atoms with Crippen LogP contribution in [0.5, 0.6) is 0 Å². The van der Waals surface area contributed by atoms with Crippen LogP contribution in [-0.4, -0.2) is 18.5 Å². The molecule has 1 amide bonds. The Morgan fingerprint density at radius 1 is 1.35 bits per heavy atom. The van der Waals surface area contributed by atoms with Crippen molar-refractivity contribution in [3.63, 3.8) is 0 Å². The van der Waals surface area contributed by atoms with Gasteiger partial charge in [0.2, 0.25) is 5.91 Å². The molecule has 0 aliphatic carbocycles. The minimum atomic E-state index is 0.146. The van der Waals surface area contributed by atoms with E-state index < -0.39 is 0 Å². The van der Waals surface area contributed by atoms with Gasteiger partial charge in [0.1, 0.15) is 0 Å². The summed E-state index contributed by atoms with van der Waals surface area (Å²) in [4.78, 5) is 12.1. The number of nitrogens with one attached hydrogen (secondary N) is 2. The number of amides is 1. The standard InChI is InChI=1S/C14H20N2O/c1-10-3-5-13(6-4-10)16-14(17)12-7-8-15-11(2)9-12/h3-6,11-12,15H,7-9H2,1-2H3,(H,16,17)/t11-,12-/m0/s1. The van der Waals surface area contributed by atoms with Crippen LogP contribution in [0.15, 0.2) is 24.3 Å². The molecule has 1 aliphatic heterocycles. The van der Waals surface area contributed by atoms with Crippen LogP contribution in [0.2, 0.25) is 0 Å². The van der Waals surface area contributed by atoms with E-state index in [1.54, 1.807) is 0 Å². The van der Waals surface area contributed by atoms with Crippen LogP contribution in [0.25, 0.3) is 0 Å². The number of rotatable bonds is 2. The Hall–Kier alpha value is -1.35. The topological polar surface area (TPSA) is 41.1 Å². The molecule has 2 rings (SSSR count). The maximum Gasteiger partial charge on any atom is 0.227 e. The number of carbonyl (C=O) groups excluding carboxylic acids is 1. The first-order valence-corrected chi connectivity index (χ1v) is 6.26. The minimum Gasteiger partial charge on any atom is -0.326 e. The second kappa shape index (κ2) is 5.32. The zero-order chi connectivity index (χ0) is 12.3. The molecule has 0 aromatic heterocycles. The Morgan fingerprint density at radius 2 is 2.06 bits per heavy atom. The van der Waals surface area contributed by atoms with E-state index in [9.17, 15) is 4.79 Å². The number of piperidine rings is 1. The smallest absolute Gasteiger partial charge is 0.227 e. The summed E-state index contributed by atoms with van der Waals surface area (Å²) < 4.78 is 0. The summed E-state index contributed by atoms with van der Waals surface area (Å²) in [5.41, 5.74) is 2.10. The first-order chi connectivity index (χ1) is 8.15. The number of benzene rings is 1. The first kappa shape index (κ1) is 12.1. The molecule has 1 aromatic carbocycles. The quantitative estimate of drug-likeness (QED) is 0.821. The number of aryl methyl sites for hydroxylation is 1. The molecule has 0 bridgehead atoms. The molecule has 1 heterocycles. The molecule has 3 heteroatoms. The molecule has 0 unspecified atom stereocenters. The lowest BCUT2D eigenvalue weighted by Gasteiger charge is -2.27. The number of hydrogen-bond acceptors (Lipinski definition) is 2. The van der Waals surface area contributed by atoms with E-state index in [1.165, 1.54) is 5.56 Å². The average molecular weight is 232 g/mol. The highest BCUT2D eigenvalue weighted by atomic mass is 16.1. The first-order valence-electron chi connectivity index (χ1n) is 6.26. The minimum absolute atomic E-state index is 0.146. The van der Waals surface area contributed by atoms with Gasteiger partial charge in [-0.1, -0.05) is 17.7 Å². The Kier molecular flexibility index (Phi) is 3.79. The van der Waals surface area contributed by atoms with Gasteiger partial charge in [0, 0.05) is 17.6 Å². The third-order valence-corrected chi connectivity index (χ3v) is 3.31. The van der Waals surface area contributed by atoms with Crippen LogP contribution in [0.4, 0.5) is 5.69 Å². The predicted octanol–water partition coefficient (Wildman–Crippen LogP) is 2.32. The van der Waals surface area contributed by atoms with Crippen LogP contribution in [0, 0.1) is 12.8 Å². The normalized spacial score (nSPS) is 24.4. The van der Waals surface area contributed by atoms with Crippen molar-refractivity contribution in [1.29, 1.82) is 0 Å². The molecule has 0 saturated carbocycles. The number of anilines is 1. The van der Waals surface area contributed by atoms with Gasteiger partial charge in [-0.25, -0.2) is 0 Å². The van der Waals surface area contributed by atoms with Crippen LogP contribution in [0.1, 0.15) is 25.3 Å². The van der Waals surface area contributed by atoms with Crippen LogP contribution >= 0.6 is 0 Å². The molecule has 0 radical (unpaired) electrons. The van der Waals surface area contributed by atoms with Crippen molar-refractivity contribution in [2.75, 3.05) is 11.9 Å². The van der Waals surface area contributed by atoms with Gasteiger partial charge in [0.25, 0.3) is 0 Å². The molecule has 0 spiro atoms. The highest BCUT2D eigenvalue weighted by Gasteiger charge is 2.24. The van der Waals surface area contributed by atoms with Gasteiger partial charge in [0.15, 0.2) is 0 Å². The Morgan fingerprint density at radius 3 is 2.71 bits per heavy atom. The molecular weight excluding hydrogens is 212 g/mol.